The van der Waals surface area contributed by atoms with E-state index in [1.807, 2.05) is 61.5 Å². The number of hydrogen-bond donors (Lipinski definition) is 1. The van der Waals surface area contributed by atoms with E-state index in [-0.39, 0.29) is 12.0 Å². The van der Waals surface area contributed by atoms with Crippen molar-refractivity contribution >= 4 is 39.7 Å². The second-order valence-electron chi connectivity index (χ2n) is 6.13. The van der Waals surface area contributed by atoms with Crippen molar-refractivity contribution in [1.29, 1.82) is 0 Å². The van der Waals surface area contributed by atoms with Crippen LogP contribution in [0.4, 0.5) is 5.13 Å². The molecule has 0 aliphatic carbocycles. The quantitative estimate of drug-likeness (QED) is 0.655. The van der Waals surface area contributed by atoms with E-state index in [0.717, 1.165) is 21.7 Å². The molecular weight excluding hydrogens is 382 g/mol. The van der Waals surface area contributed by atoms with Crippen molar-refractivity contribution in [3.05, 3.63) is 70.1 Å². The van der Waals surface area contributed by atoms with E-state index in [0.29, 0.717) is 22.3 Å². The van der Waals surface area contributed by atoms with Gasteiger partial charge in [-0.05, 0) is 24.6 Å². The van der Waals surface area contributed by atoms with E-state index in [1.165, 1.54) is 11.3 Å². The zero-order valence-corrected chi connectivity index (χ0v) is 16.1. The SMILES string of the molecule is Cc1sc(NC(=O)C2=NOC(c3ccccc3)C2)nc1-c1ccc(Cl)cc1. The molecule has 1 N–H and O–H groups in total. The molecule has 4 rings (SSSR count). The minimum atomic E-state index is -0.287. The lowest BCUT2D eigenvalue weighted by Gasteiger charge is -2.07. The van der Waals surface area contributed by atoms with E-state index >= 15 is 0 Å². The molecule has 5 nitrogen and oxygen atoms in total. The average Bonchev–Trinajstić information content (AvgIpc) is 3.30. The monoisotopic (exact) mass is 397 g/mol. The van der Waals surface area contributed by atoms with Crippen molar-refractivity contribution in [2.24, 2.45) is 5.16 Å². The van der Waals surface area contributed by atoms with Gasteiger partial charge in [0.25, 0.3) is 5.91 Å². The van der Waals surface area contributed by atoms with Gasteiger partial charge >= 0.3 is 0 Å². The molecule has 27 heavy (non-hydrogen) atoms. The smallest absolute Gasteiger partial charge is 0.275 e. The molecule has 0 radical (unpaired) electrons. The number of nitrogens with zero attached hydrogens (tertiary/aromatic N) is 2. The second-order valence-corrected chi connectivity index (χ2v) is 7.77. The van der Waals surface area contributed by atoms with Gasteiger partial charge in [-0.15, -0.1) is 11.3 Å². The highest BCUT2D eigenvalue weighted by Crippen LogP contribution is 2.32. The molecule has 0 fully saturated rings. The Balaban J connectivity index is 1.45. The summed E-state index contributed by atoms with van der Waals surface area (Å²) in [6, 6.07) is 17.2. The van der Waals surface area contributed by atoms with Gasteiger partial charge < -0.3 is 4.84 Å². The first kappa shape index (κ1) is 17.7. The molecule has 0 spiro atoms. The summed E-state index contributed by atoms with van der Waals surface area (Å²) in [6.45, 7) is 1.97. The maximum Gasteiger partial charge on any atom is 0.275 e. The van der Waals surface area contributed by atoms with Crippen LogP contribution in [0.5, 0.6) is 0 Å². The van der Waals surface area contributed by atoms with E-state index < -0.39 is 0 Å². The number of nitrogens with one attached hydrogen (secondary N) is 1. The van der Waals surface area contributed by atoms with Crippen molar-refractivity contribution < 1.29 is 9.63 Å². The van der Waals surface area contributed by atoms with Gasteiger partial charge in [0.15, 0.2) is 11.2 Å². The molecule has 2 heterocycles. The fourth-order valence-electron chi connectivity index (χ4n) is 2.85. The average molecular weight is 398 g/mol. The largest absolute Gasteiger partial charge is 0.387 e. The zero-order valence-electron chi connectivity index (χ0n) is 14.5. The highest BCUT2D eigenvalue weighted by molar-refractivity contribution is 7.16. The van der Waals surface area contributed by atoms with Crippen LogP contribution in [-0.2, 0) is 9.63 Å². The number of hydrogen-bond acceptors (Lipinski definition) is 5. The summed E-state index contributed by atoms with van der Waals surface area (Å²) < 4.78 is 0. The van der Waals surface area contributed by atoms with Crippen LogP contribution in [-0.4, -0.2) is 16.6 Å². The number of carbonyl (C=O) groups is 1. The number of thiazole rings is 1. The summed E-state index contributed by atoms with van der Waals surface area (Å²) in [5, 5.41) is 7.99. The molecule has 136 valence electrons. The van der Waals surface area contributed by atoms with Gasteiger partial charge in [-0.25, -0.2) is 4.98 Å². The van der Waals surface area contributed by atoms with Crippen LogP contribution in [0.15, 0.2) is 59.8 Å². The van der Waals surface area contributed by atoms with Gasteiger partial charge in [0, 0.05) is 21.9 Å². The predicted molar refractivity (Wildman–Crippen MR) is 108 cm³/mol. The normalized spacial score (nSPS) is 15.9. The summed E-state index contributed by atoms with van der Waals surface area (Å²) in [5.41, 5.74) is 3.15. The minimum absolute atomic E-state index is 0.227. The van der Waals surface area contributed by atoms with Crippen molar-refractivity contribution in [3.8, 4) is 11.3 Å². The molecule has 1 aliphatic heterocycles. The van der Waals surface area contributed by atoms with Gasteiger partial charge in [-0.2, -0.15) is 0 Å². The van der Waals surface area contributed by atoms with Gasteiger partial charge in [0.05, 0.1) is 5.69 Å². The van der Waals surface area contributed by atoms with E-state index in [2.05, 4.69) is 15.5 Å². The van der Waals surface area contributed by atoms with Crippen LogP contribution < -0.4 is 5.32 Å². The Hall–Kier alpha value is -2.70. The Kier molecular flexibility index (Phi) is 4.92. The molecule has 2 aromatic carbocycles. The maximum atomic E-state index is 12.5. The zero-order chi connectivity index (χ0) is 18.8. The number of aromatic nitrogens is 1. The molecule has 7 heteroatoms. The molecule has 0 saturated carbocycles. The molecular formula is C20H16ClN3O2S. The Morgan fingerprint density at radius 1 is 1.19 bits per heavy atom. The van der Waals surface area contributed by atoms with Crippen LogP contribution in [0.2, 0.25) is 5.02 Å². The number of aryl methyl sites for hydroxylation is 1. The van der Waals surface area contributed by atoms with Crippen molar-refractivity contribution in [1.82, 2.24) is 4.98 Å². The number of benzene rings is 2. The van der Waals surface area contributed by atoms with Crippen molar-refractivity contribution in [2.45, 2.75) is 19.4 Å². The number of anilines is 1. The molecule has 0 bridgehead atoms. The maximum absolute atomic E-state index is 12.5. The number of halogens is 1. The van der Waals surface area contributed by atoms with E-state index in [9.17, 15) is 4.79 Å². The van der Waals surface area contributed by atoms with Crippen molar-refractivity contribution in [2.75, 3.05) is 5.32 Å². The van der Waals surface area contributed by atoms with Crippen LogP contribution in [0.1, 0.15) is 23.0 Å². The first-order chi connectivity index (χ1) is 13.1. The third kappa shape index (κ3) is 3.86. The summed E-state index contributed by atoms with van der Waals surface area (Å²) in [5.74, 6) is -0.287. The van der Waals surface area contributed by atoms with Gasteiger partial charge in [-0.1, -0.05) is 59.2 Å². The summed E-state index contributed by atoms with van der Waals surface area (Å²) in [7, 11) is 0. The highest BCUT2D eigenvalue weighted by atomic mass is 35.5. The van der Waals surface area contributed by atoms with Crippen LogP contribution >= 0.6 is 22.9 Å². The summed E-state index contributed by atoms with van der Waals surface area (Å²) in [4.78, 5) is 23.5. The lowest BCUT2D eigenvalue weighted by Crippen LogP contribution is -2.21. The Morgan fingerprint density at radius 3 is 2.67 bits per heavy atom. The predicted octanol–water partition coefficient (Wildman–Crippen LogP) is 5.23. The first-order valence-electron chi connectivity index (χ1n) is 8.42. The van der Waals surface area contributed by atoms with Crippen LogP contribution in [0.25, 0.3) is 11.3 Å². The number of amides is 1. The number of rotatable bonds is 4. The summed E-state index contributed by atoms with van der Waals surface area (Å²) in [6.07, 6.45) is 0.208. The van der Waals surface area contributed by atoms with Gasteiger partial charge in [0.2, 0.25) is 0 Å². The third-order valence-corrected chi connectivity index (χ3v) is 5.38. The molecule has 0 saturated heterocycles. The second kappa shape index (κ2) is 7.50. The first-order valence-corrected chi connectivity index (χ1v) is 9.62. The minimum Gasteiger partial charge on any atom is -0.387 e. The number of carbonyl (C=O) groups excluding carboxylic acids is 1. The molecule has 1 aromatic heterocycles. The van der Waals surface area contributed by atoms with Crippen molar-refractivity contribution in [3.63, 3.8) is 0 Å². The van der Waals surface area contributed by atoms with Crippen LogP contribution in [0, 0.1) is 6.92 Å². The van der Waals surface area contributed by atoms with Crippen LogP contribution in [0.3, 0.4) is 0 Å². The van der Waals surface area contributed by atoms with E-state index in [4.69, 9.17) is 16.4 Å². The molecule has 1 amide bonds. The molecule has 1 aliphatic rings. The Labute approximate surface area is 165 Å². The third-order valence-electron chi connectivity index (χ3n) is 4.24. The fraction of sp³-hybridized carbons (Fsp3) is 0.150. The standard InChI is InChI=1S/C20H16ClN3O2S/c1-12-18(14-7-9-15(21)10-8-14)22-20(27-12)23-19(25)16-11-17(26-24-16)13-5-3-2-4-6-13/h2-10,17H,11H2,1H3,(H,22,23,25). The molecule has 1 unspecified atom stereocenters. The fourth-order valence-corrected chi connectivity index (χ4v) is 3.81. The molecule has 1 atom stereocenters. The number of oxime groups is 1. The Morgan fingerprint density at radius 2 is 1.93 bits per heavy atom. The molecule has 3 aromatic rings. The summed E-state index contributed by atoms with van der Waals surface area (Å²) >= 11 is 7.37. The van der Waals surface area contributed by atoms with Gasteiger partial charge in [0.1, 0.15) is 5.71 Å². The highest BCUT2D eigenvalue weighted by Gasteiger charge is 2.28. The topological polar surface area (TPSA) is 63.6 Å². The van der Waals surface area contributed by atoms with Gasteiger partial charge in [-0.3, -0.25) is 10.1 Å². The van der Waals surface area contributed by atoms with E-state index in [1.54, 1.807) is 0 Å². The Bertz CT molecular complexity index is 1000. The lowest BCUT2D eigenvalue weighted by molar-refractivity contribution is -0.110. The lowest BCUT2D eigenvalue weighted by atomic mass is 10.0.